The van der Waals surface area contributed by atoms with E-state index >= 15 is 0 Å². The second-order valence-corrected chi connectivity index (χ2v) is 7.44. The van der Waals surface area contributed by atoms with E-state index < -0.39 is 5.91 Å². The number of aryl methyl sites for hydroxylation is 1. The standard InChI is InChI=1S/C22H22N2O2S/c1-2-17-13-19(21(23)26)22(27-17)24-20(25)14-18(15-9-5-3-6-10-15)16-11-7-4-8-12-16/h3-13,18H,2,14H2,1H3,(H2,23,26)(H,24,25). The van der Waals surface area contributed by atoms with Crippen molar-refractivity contribution in [2.75, 3.05) is 5.32 Å². The van der Waals surface area contributed by atoms with E-state index in [4.69, 9.17) is 5.73 Å². The monoisotopic (exact) mass is 378 g/mol. The Morgan fingerprint density at radius 1 is 1.00 bits per heavy atom. The van der Waals surface area contributed by atoms with Gasteiger partial charge in [-0.3, -0.25) is 9.59 Å². The Labute approximate surface area is 163 Å². The van der Waals surface area contributed by atoms with Crippen LogP contribution in [0.3, 0.4) is 0 Å². The van der Waals surface area contributed by atoms with Gasteiger partial charge in [0.2, 0.25) is 5.91 Å². The number of thiophene rings is 1. The Kier molecular flexibility index (Phi) is 6.04. The smallest absolute Gasteiger partial charge is 0.251 e. The Morgan fingerprint density at radius 3 is 2.04 bits per heavy atom. The Morgan fingerprint density at radius 2 is 1.56 bits per heavy atom. The van der Waals surface area contributed by atoms with Gasteiger partial charge in [0.25, 0.3) is 5.91 Å². The maximum atomic E-state index is 12.8. The van der Waals surface area contributed by atoms with Gasteiger partial charge in [0.1, 0.15) is 5.00 Å². The highest BCUT2D eigenvalue weighted by molar-refractivity contribution is 7.16. The minimum Gasteiger partial charge on any atom is -0.366 e. The fraction of sp³-hybridized carbons (Fsp3) is 0.182. The maximum absolute atomic E-state index is 12.8. The SMILES string of the molecule is CCc1cc(C(N)=O)c(NC(=O)CC(c2ccccc2)c2ccccc2)s1. The Bertz CT molecular complexity index is 881. The molecule has 0 bridgehead atoms. The summed E-state index contributed by atoms with van der Waals surface area (Å²) in [5.74, 6) is -0.723. The number of nitrogens with two attached hydrogens (primary N) is 1. The highest BCUT2D eigenvalue weighted by atomic mass is 32.1. The van der Waals surface area contributed by atoms with Crippen molar-refractivity contribution in [3.8, 4) is 0 Å². The van der Waals surface area contributed by atoms with E-state index in [0.29, 0.717) is 10.6 Å². The van der Waals surface area contributed by atoms with Gasteiger partial charge in [-0.2, -0.15) is 0 Å². The molecule has 0 saturated heterocycles. The van der Waals surface area contributed by atoms with Crippen molar-refractivity contribution in [2.45, 2.75) is 25.7 Å². The molecule has 0 unspecified atom stereocenters. The van der Waals surface area contributed by atoms with Crippen LogP contribution in [0.1, 0.15) is 45.6 Å². The number of carbonyl (C=O) groups excluding carboxylic acids is 2. The highest BCUT2D eigenvalue weighted by Crippen LogP contribution is 2.31. The zero-order chi connectivity index (χ0) is 19.2. The van der Waals surface area contributed by atoms with Gasteiger partial charge in [-0.25, -0.2) is 0 Å². The van der Waals surface area contributed by atoms with E-state index in [1.54, 1.807) is 6.07 Å². The molecule has 3 aromatic rings. The highest BCUT2D eigenvalue weighted by Gasteiger charge is 2.20. The van der Waals surface area contributed by atoms with Crippen molar-refractivity contribution < 1.29 is 9.59 Å². The number of benzene rings is 2. The van der Waals surface area contributed by atoms with E-state index in [0.717, 1.165) is 22.4 Å². The van der Waals surface area contributed by atoms with E-state index in [2.05, 4.69) is 5.32 Å². The molecule has 3 N–H and O–H groups in total. The van der Waals surface area contributed by atoms with Crippen LogP contribution in [0.2, 0.25) is 0 Å². The topological polar surface area (TPSA) is 72.2 Å². The lowest BCUT2D eigenvalue weighted by atomic mass is 9.88. The van der Waals surface area contributed by atoms with E-state index in [1.165, 1.54) is 11.3 Å². The Hall–Kier alpha value is -2.92. The quantitative estimate of drug-likeness (QED) is 0.632. The molecule has 0 aliphatic rings. The molecular weight excluding hydrogens is 356 g/mol. The van der Waals surface area contributed by atoms with Gasteiger partial charge in [0.05, 0.1) is 5.56 Å². The summed E-state index contributed by atoms with van der Waals surface area (Å²) in [4.78, 5) is 25.5. The van der Waals surface area contributed by atoms with Crippen LogP contribution in [-0.2, 0) is 11.2 Å². The van der Waals surface area contributed by atoms with Crippen LogP contribution in [0.4, 0.5) is 5.00 Å². The van der Waals surface area contributed by atoms with Crippen LogP contribution < -0.4 is 11.1 Å². The molecule has 138 valence electrons. The van der Waals surface area contributed by atoms with Crippen molar-refractivity contribution in [1.82, 2.24) is 0 Å². The first-order chi connectivity index (χ1) is 13.1. The third kappa shape index (κ3) is 4.63. The summed E-state index contributed by atoms with van der Waals surface area (Å²) in [6.45, 7) is 2.00. The number of primary amides is 1. The lowest BCUT2D eigenvalue weighted by Crippen LogP contribution is -2.18. The number of rotatable bonds is 7. The number of anilines is 1. The summed E-state index contributed by atoms with van der Waals surface area (Å²) in [6, 6.07) is 21.7. The summed E-state index contributed by atoms with van der Waals surface area (Å²) >= 11 is 1.40. The molecule has 0 saturated carbocycles. The van der Waals surface area contributed by atoms with Crippen molar-refractivity contribution in [3.63, 3.8) is 0 Å². The van der Waals surface area contributed by atoms with Gasteiger partial charge in [-0.1, -0.05) is 67.6 Å². The van der Waals surface area contributed by atoms with Gasteiger partial charge in [-0.15, -0.1) is 11.3 Å². The summed E-state index contributed by atoms with van der Waals surface area (Å²) in [6.07, 6.45) is 1.07. The summed E-state index contributed by atoms with van der Waals surface area (Å²) in [5, 5.41) is 3.43. The lowest BCUT2D eigenvalue weighted by Gasteiger charge is -2.17. The fourth-order valence-corrected chi connectivity index (χ4v) is 4.07. The molecule has 0 fully saturated rings. The summed E-state index contributed by atoms with van der Waals surface area (Å²) in [5.41, 5.74) is 7.99. The fourth-order valence-electron chi connectivity index (χ4n) is 3.05. The summed E-state index contributed by atoms with van der Waals surface area (Å²) < 4.78 is 0. The number of carbonyl (C=O) groups is 2. The molecule has 0 aliphatic heterocycles. The Balaban J connectivity index is 1.84. The molecule has 2 amide bonds. The predicted octanol–water partition coefficient (Wildman–Crippen LogP) is 4.57. The first-order valence-corrected chi connectivity index (χ1v) is 9.72. The summed E-state index contributed by atoms with van der Waals surface area (Å²) in [7, 11) is 0. The first kappa shape index (κ1) is 18.9. The molecular formula is C22H22N2O2S. The van der Waals surface area contributed by atoms with E-state index in [9.17, 15) is 9.59 Å². The first-order valence-electron chi connectivity index (χ1n) is 8.90. The van der Waals surface area contributed by atoms with Crippen LogP contribution in [0.5, 0.6) is 0 Å². The number of hydrogen-bond donors (Lipinski definition) is 2. The molecule has 0 atom stereocenters. The third-order valence-corrected chi connectivity index (χ3v) is 5.64. The number of amides is 2. The van der Waals surface area contributed by atoms with Crippen LogP contribution in [0.25, 0.3) is 0 Å². The van der Waals surface area contributed by atoms with Crippen LogP contribution in [0, 0.1) is 0 Å². The van der Waals surface area contributed by atoms with Crippen molar-refractivity contribution in [2.24, 2.45) is 5.73 Å². The second-order valence-electron chi connectivity index (χ2n) is 6.30. The normalized spacial score (nSPS) is 10.7. The zero-order valence-corrected chi connectivity index (χ0v) is 16.0. The molecule has 27 heavy (non-hydrogen) atoms. The third-order valence-electron chi connectivity index (χ3n) is 4.44. The van der Waals surface area contributed by atoms with Crippen molar-refractivity contribution in [3.05, 3.63) is 88.3 Å². The van der Waals surface area contributed by atoms with E-state index in [-0.39, 0.29) is 18.2 Å². The van der Waals surface area contributed by atoms with Crippen LogP contribution in [-0.4, -0.2) is 11.8 Å². The van der Waals surface area contributed by atoms with Crippen LogP contribution >= 0.6 is 11.3 Å². The second kappa shape index (κ2) is 8.64. The molecule has 1 heterocycles. The molecule has 2 aromatic carbocycles. The minimum atomic E-state index is -0.524. The predicted molar refractivity (Wildman–Crippen MR) is 110 cm³/mol. The lowest BCUT2D eigenvalue weighted by molar-refractivity contribution is -0.116. The maximum Gasteiger partial charge on any atom is 0.251 e. The zero-order valence-electron chi connectivity index (χ0n) is 15.1. The molecule has 0 aliphatic carbocycles. The molecule has 0 radical (unpaired) electrons. The molecule has 3 rings (SSSR count). The molecule has 0 spiro atoms. The number of hydrogen-bond acceptors (Lipinski definition) is 3. The minimum absolute atomic E-state index is 0.0602. The van der Waals surface area contributed by atoms with Gasteiger partial charge >= 0.3 is 0 Å². The average molecular weight is 378 g/mol. The largest absolute Gasteiger partial charge is 0.366 e. The van der Waals surface area contributed by atoms with Gasteiger partial charge in [-0.05, 0) is 23.6 Å². The molecule has 4 nitrogen and oxygen atoms in total. The van der Waals surface area contributed by atoms with Gasteiger partial charge < -0.3 is 11.1 Å². The molecule has 5 heteroatoms. The van der Waals surface area contributed by atoms with Crippen LogP contribution in [0.15, 0.2) is 66.7 Å². The molecule has 1 aromatic heterocycles. The van der Waals surface area contributed by atoms with Crippen molar-refractivity contribution >= 4 is 28.2 Å². The van der Waals surface area contributed by atoms with Gasteiger partial charge in [0.15, 0.2) is 0 Å². The number of nitrogens with one attached hydrogen (secondary N) is 1. The van der Waals surface area contributed by atoms with Gasteiger partial charge in [0, 0.05) is 17.2 Å². The van der Waals surface area contributed by atoms with Crippen molar-refractivity contribution in [1.29, 1.82) is 0 Å². The van der Waals surface area contributed by atoms with E-state index in [1.807, 2.05) is 67.6 Å². The average Bonchev–Trinajstić information content (AvgIpc) is 3.10.